The van der Waals surface area contributed by atoms with Gasteiger partial charge in [0, 0.05) is 23.9 Å². The fourth-order valence-electron chi connectivity index (χ4n) is 2.14. The molecule has 0 bridgehead atoms. The zero-order valence-electron chi connectivity index (χ0n) is 11.7. The Morgan fingerprint density at radius 3 is 2.68 bits per heavy atom. The lowest BCUT2D eigenvalue weighted by Gasteiger charge is -2.24. The van der Waals surface area contributed by atoms with Gasteiger partial charge in [0.2, 0.25) is 0 Å². The van der Waals surface area contributed by atoms with Crippen LogP contribution in [-0.2, 0) is 13.0 Å². The SMILES string of the molecule is CCC(C)(C)Cn1c(CCCl)nc2ccc(Cl)cc21. The molecule has 1 aromatic heterocycles. The summed E-state index contributed by atoms with van der Waals surface area (Å²) in [5.74, 6) is 1.64. The molecular formula is C15H20Cl2N2. The van der Waals surface area contributed by atoms with Gasteiger partial charge in [-0.25, -0.2) is 4.98 Å². The summed E-state index contributed by atoms with van der Waals surface area (Å²) in [5.41, 5.74) is 2.34. The van der Waals surface area contributed by atoms with Crippen LogP contribution in [0.15, 0.2) is 18.2 Å². The minimum absolute atomic E-state index is 0.233. The molecule has 104 valence electrons. The zero-order chi connectivity index (χ0) is 14.0. The molecule has 0 N–H and O–H groups in total. The zero-order valence-corrected chi connectivity index (χ0v) is 13.2. The first-order valence-electron chi connectivity index (χ1n) is 6.67. The maximum Gasteiger partial charge on any atom is 0.111 e. The molecule has 0 amide bonds. The summed E-state index contributed by atoms with van der Waals surface area (Å²) in [6.45, 7) is 7.70. The molecule has 0 aliphatic heterocycles. The summed E-state index contributed by atoms with van der Waals surface area (Å²) in [5, 5.41) is 0.750. The summed E-state index contributed by atoms with van der Waals surface area (Å²) in [4.78, 5) is 4.68. The predicted molar refractivity (Wildman–Crippen MR) is 83.2 cm³/mol. The van der Waals surface area contributed by atoms with Crippen LogP contribution in [0.25, 0.3) is 11.0 Å². The highest BCUT2D eigenvalue weighted by molar-refractivity contribution is 6.31. The Balaban J connectivity index is 2.53. The van der Waals surface area contributed by atoms with Crippen molar-refractivity contribution >= 4 is 34.2 Å². The van der Waals surface area contributed by atoms with Crippen molar-refractivity contribution in [3.8, 4) is 0 Å². The maximum atomic E-state index is 6.11. The summed E-state index contributed by atoms with van der Waals surface area (Å²) in [6, 6.07) is 5.86. The van der Waals surface area contributed by atoms with E-state index in [1.807, 2.05) is 18.2 Å². The van der Waals surface area contributed by atoms with Gasteiger partial charge in [0.05, 0.1) is 11.0 Å². The lowest BCUT2D eigenvalue weighted by atomic mass is 9.90. The summed E-state index contributed by atoms with van der Waals surface area (Å²) in [7, 11) is 0. The highest BCUT2D eigenvalue weighted by atomic mass is 35.5. The molecule has 2 aromatic rings. The second kappa shape index (κ2) is 5.72. The average molecular weight is 299 g/mol. The van der Waals surface area contributed by atoms with E-state index in [1.165, 1.54) is 0 Å². The first-order valence-corrected chi connectivity index (χ1v) is 7.59. The molecule has 0 aliphatic rings. The van der Waals surface area contributed by atoms with E-state index in [-0.39, 0.29) is 5.41 Å². The molecule has 0 unspecified atom stereocenters. The smallest absolute Gasteiger partial charge is 0.111 e. The lowest BCUT2D eigenvalue weighted by molar-refractivity contribution is 0.294. The number of rotatable bonds is 5. The van der Waals surface area contributed by atoms with Gasteiger partial charge in [-0.2, -0.15) is 0 Å². The van der Waals surface area contributed by atoms with E-state index in [1.54, 1.807) is 0 Å². The third-order valence-electron chi connectivity index (χ3n) is 3.65. The molecular weight excluding hydrogens is 279 g/mol. The number of alkyl halides is 1. The number of aromatic nitrogens is 2. The van der Waals surface area contributed by atoms with E-state index in [0.29, 0.717) is 5.88 Å². The minimum atomic E-state index is 0.233. The molecule has 0 saturated carbocycles. The highest BCUT2D eigenvalue weighted by Crippen LogP contribution is 2.28. The van der Waals surface area contributed by atoms with Crippen molar-refractivity contribution in [3.05, 3.63) is 29.0 Å². The lowest BCUT2D eigenvalue weighted by Crippen LogP contribution is -2.20. The molecule has 0 aliphatic carbocycles. The van der Waals surface area contributed by atoms with Crippen LogP contribution in [0, 0.1) is 5.41 Å². The van der Waals surface area contributed by atoms with Gasteiger partial charge in [0.1, 0.15) is 5.82 Å². The van der Waals surface area contributed by atoms with Crippen LogP contribution in [0.1, 0.15) is 33.0 Å². The Hall–Kier alpha value is -0.730. The number of imidazole rings is 1. The molecule has 2 nitrogen and oxygen atoms in total. The van der Waals surface area contributed by atoms with Crippen LogP contribution in [0.2, 0.25) is 5.02 Å². The predicted octanol–water partition coefficient (Wildman–Crippen LogP) is 4.91. The van der Waals surface area contributed by atoms with Crippen molar-refractivity contribution in [2.45, 2.75) is 40.2 Å². The molecule has 0 saturated heterocycles. The van der Waals surface area contributed by atoms with Crippen LogP contribution in [0.5, 0.6) is 0 Å². The number of fused-ring (bicyclic) bond motifs is 1. The Bertz CT molecular complexity index is 573. The van der Waals surface area contributed by atoms with Gasteiger partial charge in [0.15, 0.2) is 0 Å². The molecule has 4 heteroatoms. The third-order valence-corrected chi connectivity index (χ3v) is 4.07. The number of benzene rings is 1. The van der Waals surface area contributed by atoms with Crippen LogP contribution in [0.3, 0.4) is 0 Å². The maximum absolute atomic E-state index is 6.11. The Labute approximate surface area is 124 Å². The van der Waals surface area contributed by atoms with E-state index >= 15 is 0 Å². The van der Waals surface area contributed by atoms with Crippen molar-refractivity contribution in [2.75, 3.05) is 5.88 Å². The van der Waals surface area contributed by atoms with Crippen LogP contribution < -0.4 is 0 Å². The third kappa shape index (κ3) is 3.24. The monoisotopic (exact) mass is 298 g/mol. The number of hydrogen-bond donors (Lipinski definition) is 0. The van der Waals surface area contributed by atoms with E-state index < -0.39 is 0 Å². The molecule has 0 radical (unpaired) electrons. The van der Waals surface area contributed by atoms with Crippen LogP contribution in [-0.4, -0.2) is 15.4 Å². The Morgan fingerprint density at radius 1 is 1.32 bits per heavy atom. The van der Waals surface area contributed by atoms with E-state index in [9.17, 15) is 0 Å². The standard InChI is InChI=1S/C15H20Cl2N2/c1-4-15(2,3)10-19-13-9-11(17)5-6-12(13)18-14(19)7-8-16/h5-6,9H,4,7-8,10H2,1-3H3. The molecule has 0 fully saturated rings. The highest BCUT2D eigenvalue weighted by Gasteiger charge is 2.20. The van der Waals surface area contributed by atoms with Gasteiger partial charge < -0.3 is 4.57 Å². The van der Waals surface area contributed by atoms with Gasteiger partial charge in [0.25, 0.3) is 0 Å². The molecule has 1 heterocycles. The first-order chi connectivity index (χ1) is 8.96. The number of halogens is 2. The molecule has 1 aromatic carbocycles. The first kappa shape index (κ1) is 14.7. The van der Waals surface area contributed by atoms with Crippen molar-refractivity contribution in [3.63, 3.8) is 0 Å². The van der Waals surface area contributed by atoms with Gasteiger partial charge in [-0.1, -0.05) is 32.4 Å². The largest absolute Gasteiger partial charge is 0.327 e. The summed E-state index contributed by atoms with van der Waals surface area (Å²) in [6.07, 6.45) is 1.90. The minimum Gasteiger partial charge on any atom is -0.327 e. The fourth-order valence-corrected chi connectivity index (χ4v) is 2.47. The topological polar surface area (TPSA) is 17.8 Å². The van der Waals surface area contributed by atoms with E-state index in [2.05, 4.69) is 30.3 Å². The van der Waals surface area contributed by atoms with Crippen molar-refractivity contribution in [1.29, 1.82) is 0 Å². The van der Waals surface area contributed by atoms with Crippen molar-refractivity contribution < 1.29 is 0 Å². The van der Waals surface area contributed by atoms with E-state index in [0.717, 1.165) is 41.3 Å². The fraction of sp³-hybridized carbons (Fsp3) is 0.533. The van der Waals surface area contributed by atoms with Crippen LogP contribution in [0.4, 0.5) is 0 Å². The molecule has 19 heavy (non-hydrogen) atoms. The Morgan fingerprint density at radius 2 is 2.05 bits per heavy atom. The number of hydrogen-bond acceptors (Lipinski definition) is 1. The number of nitrogens with zero attached hydrogens (tertiary/aromatic N) is 2. The van der Waals surface area contributed by atoms with Crippen molar-refractivity contribution in [2.24, 2.45) is 5.41 Å². The van der Waals surface area contributed by atoms with Gasteiger partial charge in [-0.3, -0.25) is 0 Å². The second-order valence-electron chi connectivity index (χ2n) is 5.70. The normalized spacial score (nSPS) is 12.3. The molecule has 0 atom stereocenters. The quantitative estimate of drug-likeness (QED) is 0.717. The number of aryl methyl sites for hydroxylation is 1. The summed E-state index contributed by atoms with van der Waals surface area (Å²) < 4.78 is 2.27. The average Bonchev–Trinajstić information content (AvgIpc) is 2.68. The van der Waals surface area contributed by atoms with Gasteiger partial charge >= 0.3 is 0 Å². The van der Waals surface area contributed by atoms with E-state index in [4.69, 9.17) is 23.2 Å². The van der Waals surface area contributed by atoms with Gasteiger partial charge in [-0.05, 0) is 30.0 Å². The van der Waals surface area contributed by atoms with Gasteiger partial charge in [-0.15, -0.1) is 11.6 Å². The summed E-state index contributed by atoms with van der Waals surface area (Å²) >= 11 is 12.0. The Kier molecular flexibility index (Phi) is 4.42. The molecule has 2 rings (SSSR count). The van der Waals surface area contributed by atoms with Crippen molar-refractivity contribution in [1.82, 2.24) is 9.55 Å². The second-order valence-corrected chi connectivity index (χ2v) is 6.52. The molecule has 0 spiro atoms. The van der Waals surface area contributed by atoms with Crippen LogP contribution >= 0.6 is 23.2 Å².